The molecule has 1 aromatic carbocycles. The number of hydrogen-bond acceptors (Lipinski definition) is 6. The van der Waals surface area contributed by atoms with E-state index in [1.807, 2.05) is 17.0 Å². The van der Waals surface area contributed by atoms with E-state index in [0.29, 0.717) is 35.7 Å². The molecule has 3 unspecified atom stereocenters. The first-order valence-corrected chi connectivity index (χ1v) is 11.7. The molecule has 2 aromatic rings. The highest BCUT2D eigenvalue weighted by Gasteiger charge is 2.50. The predicted octanol–water partition coefficient (Wildman–Crippen LogP) is 2.87. The third kappa shape index (κ3) is 4.27. The molecule has 0 bridgehead atoms. The maximum atomic E-state index is 13.1. The molecule has 1 aromatic heterocycles. The fraction of sp³-hybridized carbons (Fsp3) is 0.480. The number of furan rings is 1. The third-order valence-electron chi connectivity index (χ3n) is 7.02. The van der Waals surface area contributed by atoms with Gasteiger partial charge in [0.2, 0.25) is 0 Å². The van der Waals surface area contributed by atoms with Crippen molar-refractivity contribution in [3.05, 3.63) is 53.5 Å². The lowest BCUT2D eigenvalue weighted by molar-refractivity contribution is -0.139. The van der Waals surface area contributed by atoms with Gasteiger partial charge in [-0.1, -0.05) is 19.1 Å². The van der Waals surface area contributed by atoms with Gasteiger partial charge in [0.05, 0.1) is 20.2 Å². The number of imide groups is 1. The number of methoxy groups -OCH3 is 1. The van der Waals surface area contributed by atoms with Crippen LogP contribution in [0.3, 0.4) is 0 Å². The van der Waals surface area contributed by atoms with Crippen molar-refractivity contribution in [3.8, 4) is 5.75 Å². The van der Waals surface area contributed by atoms with Crippen LogP contribution in [-0.4, -0.2) is 47.5 Å². The van der Waals surface area contributed by atoms with Crippen LogP contribution in [0.25, 0.3) is 0 Å². The van der Waals surface area contributed by atoms with E-state index in [1.165, 1.54) is 0 Å². The first-order chi connectivity index (χ1) is 16.3. The molecule has 2 saturated carbocycles. The van der Waals surface area contributed by atoms with Gasteiger partial charge < -0.3 is 14.5 Å². The van der Waals surface area contributed by atoms with Gasteiger partial charge in [0.1, 0.15) is 22.8 Å². The average Bonchev–Trinajstić information content (AvgIpc) is 3.74. The molecule has 5 rings (SSSR count). The Morgan fingerprint density at radius 3 is 2.56 bits per heavy atom. The van der Waals surface area contributed by atoms with Crippen molar-refractivity contribution in [2.75, 3.05) is 13.7 Å². The minimum Gasteiger partial charge on any atom is -0.497 e. The van der Waals surface area contributed by atoms with Crippen LogP contribution in [0.1, 0.15) is 56.1 Å². The second kappa shape index (κ2) is 8.47. The summed E-state index contributed by atoms with van der Waals surface area (Å²) in [7, 11) is 1.56. The quantitative estimate of drug-likeness (QED) is 0.551. The molecule has 0 spiro atoms. The normalized spacial score (nSPS) is 26.1. The Morgan fingerprint density at radius 1 is 1.24 bits per heavy atom. The van der Waals surface area contributed by atoms with Crippen LogP contribution in [0.5, 0.6) is 5.75 Å². The van der Waals surface area contributed by atoms with Crippen molar-refractivity contribution in [1.29, 1.82) is 0 Å². The van der Waals surface area contributed by atoms with Gasteiger partial charge >= 0.3 is 6.03 Å². The van der Waals surface area contributed by atoms with Crippen LogP contribution in [0, 0.1) is 5.92 Å². The minimum atomic E-state index is -1.28. The molecular weight excluding hydrogens is 436 g/mol. The van der Waals surface area contributed by atoms with Gasteiger partial charge in [0, 0.05) is 12.0 Å². The molecule has 3 atom stereocenters. The number of ether oxygens (including phenoxy) is 1. The standard InChI is InChI=1S/C25H30N4O5/c1-15-12-20(15)21-11-10-19(34-21)13-28(17-6-7-17)14-22(30)27-29-23(31)25(2,26-24(29)32)16-4-8-18(33-3)9-5-16/h4-5,8-11,15,17,20H,6-7,12-14H2,1-3H3,(H,26,32)(H,27,30). The van der Waals surface area contributed by atoms with Crippen molar-refractivity contribution < 1.29 is 23.5 Å². The van der Waals surface area contributed by atoms with Gasteiger partial charge in [0.15, 0.2) is 0 Å². The Morgan fingerprint density at radius 2 is 1.94 bits per heavy atom. The summed E-state index contributed by atoms with van der Waals surface area (Å²) in [5.41, 5.74) is 1.82. The molecular formula is C25H30N4O5. The fourth-order valence-electron chi connectivity index (χ4n) is 4.56. The molecule has 1 saturated heterocycles. The number of benzene rings is 1. The van der Waals surface area contributed by atoms with Gasteiger partial charge in [-0.3, -0.25) is 19.9 Å². The van der Waals surface area contributed by atoms with Crippen molar-refractivity contribution in [2.45, 2.75) is 57.2 Å². The van der Waals surface area contributed by atoms with Crippen LogP contribution < -0.4 is 15.5 Å². The molecule has 4 amide bonds. The Hall–Kier alpha value is -3.33. The molecule has 1 aliphatic heterocycles. The van der Waals surface area contributed by atoms with Crippen LogP contribution in [0.15, 0.2) is 40.8 Å². The largest absolute Gasteiger partial charge is 0.497 e. The SMILES string of the molecule is COc1ccc(C2(C)NC(=O)N(NC(=O)CN(Cc3ccc(C4CC4C)o3)C3CC3)C2=O)cc1. The second-order valence-corrected chi connectivity index (χ2v) is 9.72. The highest BCUT2D eigenvalue weighted by Crippen LogP contribution is 2.47. The molecule has 9 nitrogen and oxygen atoms in total. The van der Waals surface area contributed by atoms with Crippen molar-refractivity contribution in [1.82, 2.24) is 20.7 Å². The van der Waals surface area contributed by atoms with Gasteiger partial charge in [-0.25, -0.2) is 4.79 Å². The Labute approximate surface area is 198 Å². The number of nitrogens with one attached hydrogen (secondary N) is 2. The Bertz CT molecular complexity index is 1110. The Balaban J connectivity index is 1.22. The summed E-state index contributed by atoms with van der Waals surface area (Å²) < 4.78 is 11.2. The van der Waals surface area contributed by atoms with Gasteiger partial charge in [-0.2, -0.15) is 5.01 Å². The second-order valence-electron chi connectivity index (χ2n) is 9.72. The highest BCUT2D eigenvalue weighted by atomic mass is 16.5. The van der Waals surface area contributed by atoms with Crippen LogP contribution in [-0.2, 0) is 21.7 Å². The number of carbonyl (C=O) groups excluding carboxylic acids is 3. The van der Waals surface area contributed by atoms with E-state index in [1.54, 1.807) is 38.3 Å². The molecule has 0 radical (unpaired) electrons. The molecule has 3 aliphatic rings. The summed E-state index contributed by atoms with van der Waals surface area (Å²) in [5, 5.41) is 3.47. The maximum absolute atomic E-state index is 13.1. The lowest BCUT2D eigenvalue weighted by Gasteiger charge is -2.24. The molecule has 34 heavy (non-hydrogen) atoms. The van der Waals surface area contributed by atoms with Crippen molar-refractivity contribution in [3.63, 3.8) is 0 Å². The van der Waals surface area contributed by atoms with E-state index in [9.17, 15) is 14.4 Å². The summed E-state index contributed by atoms with van der Waals surface area (Å²) in [6, 6.07) is 10.5. The smallest absolute Gasteiger partial charge is 0.344 e. The monoisotopic (exact) mass is 466 g/mol. The van der Waals surface area contributed by atoms with Gasteiger partial charge in [0.25, 0.3) is 11.8 Å². The van der Waals surface area contributed by atoms with Crippen molar-refractivity contribution >= 4 is 17.8 Å². The van der Waals surface area contributed by atoms with E-state index >= 15 is 0 Å². The topological polar surface area (TPSA) is 104 Å². The zero-order chi connectivity index (χ0) is 24.0. The van der Waals surface area contributed by atoms with Crippen LogP contribution >= 0.6 is 0 Å². The zero-order valence-electron chi connectivity index (χ0n) is 19.7. The van der Waals surface area contributed by atoms with Gasteiger partial charge in [-0.05, 0) is 61.9 Å². The number of nitrogens with zero attached hydrogens (tertiary/aromatic N) is 2. The molecule has 9 heteroatoms. The molecule has 2 heterocycles. The third-order valence-corrected chi connectivity index (χ3v) is 7.02. The molecule has 2 aliphatic carbocycles. The van der Waals surface area contributed by atoms with E-state index in [4.69, 9.17) is 9.15 Å². The number of carbonyl (C=O) groups is 3. The van der Waals surface area contributed by atoms with E-state index < -0.39 is 23.4 Å². The first kappa shape index (κ1) is 22.5. The fourth-order valence-corrected chi connectivity index (χ4v) is 4.56. The Kier molecular flexibility index (Phi) is 5.59. The number of rotatable bonds is 9. The highest BCUT2D eigenvalue weighted by molar-refractivity contribution is 6.08. The van der Waals surface area contributed by atoms with Gasteiger partial charge in [-0.15, -0.1) is 0 Å². The number of amides is 4. The minimum absolute atomic E-state index is 0.0663. The van der Waals surface area contributed by atoms with Crippen molar-refractivity contribution in [2.24, 2.45) is 5.92 Å². The number of hydrogen-bond donors (Lipinski definition) is 2. The average molecular weight is 467 g/mol. The van der Waals surface area contributed by atoms with E-state index in [2.05, 4.69) is 17.7 Å². The lowest BCUT2D eigenvalue weighted by atomic mass is 9.92. The van der Waals surface area contributed by atoms with E-state index in [-0.39, 0.29) is 6.54 Å². The summed E-state index contributed by atoms with van der Waals surface area (Å²) in [4.78, 5) is 40.6. The maximum Gasteiger partial charge on any atom is 0.344 e. The number of urea groups is 1. The number of hydrazine groups is 1. The first-order valence-electron chi connectivity index (χ1n) is 11.7. The molecule has 3 fully saturated rings. The zero-order valence-corrected chi connectivity index (χ0v) is 19.7. The lowest BCUT2D eigenvalue weighted by Crippen LogP contribution is -2.50. The van der Waals surface area contributed by atoms with Crippen LogP contribution in [0.4, 0.5) is 4.79 Å². The summed E-state index contributed by atoms with van der Waals surface area (Å²) >= 11 is 0. The van der Waals surface area contributed by atoms with E-state index in [0.717, 1.165) is 35.8 Å². The van der Waals surface area contributed by atoms with Crippen LogP contribution in [0.2, 0.25) is 0 Å². The molecule has 2 N–H and O–H groups in total. The summed E-state index contributed by atoms with van der Waals surface area (Å²) in [5.74, 6) is 2.70. The summed E-state index contributed by atoms with van der Waals surface area (Å²) in [6.07, 6.45) is 3.18. The predicted molar refractivity (Wildman–Crippen MR) is 123 cm³/mol. The molecule has 180 valence electrons. The summed E-state index contributed by atoms with van der Waals surface area (Å²) in [6.45, 7) is 4.41.